The van der Waals surface area contributed by atoms with Crippen molar-refractivity contribution in [2.24, 2.45) is 0 Å². The Balaban J connectivity index is 2.28. The van der Waals surface area contributed by atoms with Crippen molar-refractivity contribution >= 4 is 21.6 Å². The van der Waals surface area contributed by atoms with Gasteiger partial charge in [-0.1, -0.05) is 6.92 Å². The molecule has 2 aromatic carbocycles. The van der Waals surface area contributed by atoms with Crippen LogP contribution in [0.25, 0.3) is 0 Å². The minimum absolute atomic E-state index is 0.0715. The summed E-state index contributed by atoms with van der Waals surface area (Å²) in [5, 5.41) is 0. The molecular weight excluding hydrogens is 344 g/mol. The van der Waals surface area contributed by atoms with Gasteiger partial charge in [-0.25, -0.2) is 8.78 Å². The molecule has 0 aliphatic carbocycles. The zero-order chi connectivity index (χ0) is 15.4. The van der Waals surface area contributed by atoms with E-state index in [0.717, 1.165) is 12.5 Å². The van der Waals surface area contributed by atoms with E-state index in [9.17, 15) is 8.78 Å². The summed E-state index contributed by atoms with van der Waals surface area (Å²) in [6.45, 7) is 2.31. The Kier molecular flexibility index (Phi) is 5.01. The van der Waals surface area contributed by atoms with Crippen LogP contribution in [0.15, 0.2) is 34.8 Å². The van der Waals surface area contributed by atoms with Crippen LogP contribution in [0.5, 0.6) is 17.2 Å². The monoisotopic (exact) mass is 357 g/mol. The van der Waals surface area contributed by atoms with E-state index in [2.05, 4.69) is 15.9 Å². The highest BCUT2D eigenvalue weighted by Crippen LogP contribution is 2.34. The summed E-state index contributed by atoms with van der Waals surface area (Å²) in [5.74, 6) is -0.249. The minimum Gasteiger partial charge on any atom is -0.490 e. The molecule has 0 aromatic heterocycles. The third kappa shape index (κ3) is 3.85. The van der Waals surface area contributed by atoms with E-state index in [1.165, 1.54) is 24.3 Å². The molecule has 0 fully saturated rings. The van der Waals surface area contributed by atoms with Crippen molar-refractivity contribution in [3.63, 3.8) is 0 Å². The predicted octanol–water partition coefficient (Wildman–Crippen LogP) is 4.89. The van der Waals surface area contributed by atoms with Crippen LogP contribution in [0, 0.1) is 11.6 Å². The lowest BCUT2D eigenvalue weighted by Gasteiger charge is -2.12. The first-order chi connectivity index (χ1) is 10.0. The zero-order valence-corrected chi connectivity index (χ0v) is 12.9. The summed E-state index contributed by atoms with van der Waals surface area (Å²) >= 11 is 3.07. The molecule has 3 nitrogen and oxygen atoms in total. The van der Waals surface area contributed by atoms with E-state index in [4.69, 9.17) is 15.2 Å². The third-order valence-electron chi connectivity index (χ3n) is 2.64. The number of halogens is 3. The Labute approximate surface area is 129 Å². The fraction of sp³-hybridized carbons (Fsp3) is 0.200. The lowest BCUT2D eigenvalue weighted by molar-refractivity contribution is 0.299. The van der Waals surface area contributed by atoms with Crippen molar-refractivity contribution in [3.8, 4) is 17.2 Å². The highest BCUT2D eigenvalue weighted by atomic mass is 79.9. The van der Waals surface area contributed by atoms with Crippen LogP contribution in [0.2, 0.25) is 0 Å². The molecule has 6 heteroatoms. The van der Waals surface area contributed by atoms with Crippen molar-refractivity contribution in [2.45, 2.75) is 13.3 Å². The second-order valence-corrected chi connectivity index (χ2v) is 5.20. The van der Waals surface area contributed by atoms with Crippen LogP contribution in [0.1, 0.15) is 13.3 Å². The van der Waals surface area contributed by atoms with E-state index in [1.807, 2.05) is 6.92 Å². The second-order valence-electron chi connectivity index (χ2n) is 4.35. The van der Waals surface area contributed by atoms with E-state index in [0.29, 0.717) is 12.4 Å². The molecule has 0 saturated heterocycles. The Morgan fingerprint density at radius 1 is 1.10 bits per heavy atom. The van der Waals surface area contributed by atoms with E-state index < -0.39 is 11.6 Å². The van der Waals surface area contributed by atoms with Gasteiger partial charge in [-0.05, 0) is 40.5 Å². The number of hydrogen-bond donors (Lipinski definition) is 1. The van der Waals surface area contributed by atoms with Crippen molar-refractivity contribution in [1.29, 1.82) is 0 Å². The van der Waals surface area contributed by atoms with Gasteiger partial charge in [0.25, 0.3) is 0 Å². The Morgan fingerprint density at radius 3 is 2.52 bits per heavy atom. The fourth-order valence-corrected chi connectivity index (χ4v) is 1.99. The van der Waals surface area contributed by atoms with Gasteiger partial charge in [0.05, 0.1) is 16.8 Å². The van der Waals surface area contributed by atoms with E-state index >= 15 is 0 Å². The van der Waals surface area contributed by atoms with Crippen LogP contribution in [0.3, 0.4) is 0 Å². The molecule has 0 radical (unpaired) electrons. The average Bonchev–Trinajstić information content (AvgIpc) is 2.44. The van der Waals surface area contributed by atoms with Gasteiger partial charge in [0.15, 0.2) is 17.3 Å². The molecule has 0 aliphatic heterocycles. The molecule has 0 spiro atoms. The summed E-state index contributed by atoms with van der Waals surface area (Å²) in [4.78, 5) is 0. The normalized spacial score (nSPS) is 10.5. The maximum absolute atomic E-state index is 13.7. The number of benzene rings is 2. The van der Waals surface area contributed by atoms with Gasteiger partial charge in [0.1, 0.15) is 11.6 Å². The smallest absolute Gasteiger partial charge is 0.167 e. The first-order valence-electron chi connectivity index (χ1n) is 6.36. The van der Waals surface area contributed by atoms with Gasteiger partial charge < -0.3 is 15.2 Å². The van der Waals surface area contributed by atoms with Crippen molar-refractivity contribution in [2.75, 3.05) is 12.3 Å². The van der Waals surface area contributed by atoms with Crippen LogP contribution in [-0.4, -0.2) is 6.61 Å². The minimum atomic E-state index is -0.548. The highest BCUT2D eigenvalue weighted by Gasteiger charge is 2.12. The molecular formula is C15H14BrF2NO2. The van der Waals surface area contributed by atoms with Gasteiger partial charge in [-0.15, -0.1) is 0 Å². The number of nitrogen functional groups attached to an aromatic ring is 1. The van der Waals surface area contributed by atoms with Crippen molar-refractivity contribution < 1.29 is 18.3 Å². The lowest BCUT2D eigenvalue weighted by atomic mass is 10.2. The fourth-order valence-electron chi connectivity index (χ4n) is 1.63. The molecule has 0 saturated carbocycles. The maximum Gasteiger partial charge on any atom is 0.167 e. The predicted molar refractivity (Wildman–Crippen MR) is 80.8 cm³/mol. The summed E-state index contributed by atoms with van der Waals surface area (Å²) in [6, 6.07) is 6.70. The molecule has 0 aliphatic rings. The topological polar surface area (TPSA) is 44.5 Å². The van der Waals surface area contributed by atoms with Crippen LogP contribution >= 0.6 is 15.9 Å². The summed E-state index contributed by atoms with van der Waals surface area (Å²) < 4.78 is 38.0. The average molecular weight is 358 g/mol. The molecule has 0 unspecified atom stereocenters. The summed E-state index contributed by atoms with van der Waals surface area (Å²) in [5.41, 5.74) is 5.86. The largest absolute Gasteiger partial charge is 0.490 e. The number of ether oxygens (including phenoxy) is 2. The Hall–Kier alpha value is -1.82. The molecule has 2 rings (SSSR count). The number of nitrogens with two attached hydrogens (primary N) is 1. The van der Waals surface area contributed by atoms with E-state index in [1.54, 1.807) is 0 Å². The zero-order valence-electron chi connectivity index (χ0n) is 11.3. The molecule has 0 amide bonds. The molecule has 0 bridgehead atoms. The molecule has 112 valence electrons. The van der Waals surface area contributed by atoms with Gasteiger partial charge in [0.2, 0.25) is 0 Å². The van der Waals surface area contributed by atoms with Crippen molar-refractivity contribution in [1.82, 2.24) is 0 Å². The van der Waals surface area contributed by atoms with Crippen LogP contribution in [-0.2, 0) is 0 Å². The molecule has 21 heavy (non-hydrogen) atoms. The standard InChI is InChI=1S/C15H14BrF2NO2/c1-2-5-20-14-8-15(13(19)7-12(14)18)21-9-3-4-11(17)10(16)6-9/h3-4,6-8H,2,5,19H2,1H3. The van der Waals surface area contributed by atoms with E-state index in [-0.39, 0.29) is 21.7 Å². The Bertz CT molecular complexity index is 650. The third-order valence-corrected chi connectivity index (χ3v) is 3.25. The van der Waals surface area contributed by atoms with Gasteiger partial charge in [-0.2, -0.15) is 0 Å². The highest BCUT2D eigenvalue weighted by molar-refractivity contribution is 9.10. The van der Waals surface area contributed by atoms with Crippen molar-refractivity contribution in [3.05, 3.63) is 46.4 Å². The molecule has 2 aromatic rings. The number of hydrogen-bond acceptors (Lipinski definition) is 3. The summed E-state index contributed by atoms with van der Waals surface area (Å²) in [6.07, 6.45) is 0.755. The van der Waals surface area contributed by atoms with Gasteiger partial charge in [0, 0.05) is 12.1 Å². The van der Waals surface area contributed by atoms with Gasteiger partial charge in [-0.3, -0.25) is 0 Å². The lowest BCUT2D eigenvalue weighted by Crippen LogP contribution is -2.00. The molecule has 0 atom stereocenters. The Morgan fingerprint density at radius 2 is 1.86 bits per heavy atom. The SMILES string of the molecule is CCCOc1cc(Oc2ccc(F)c(Br)c2)c(N)cc1F. The molecule has 2 N–H and O–H groups in total. The molecule has 0 heterocycles. The number of rotatable bonds is 5. The maximum atomic E-state index is 13.7. The second kappa shape index (κ2) is 6.76. The van der Waals surface area contributed by atoms with Crippen LogP contribution < -0.4 is 15.2 Å². The quantitative estimate of drug-likeness (QED) is 0.774. The summed E-state index contributed by atoms with van der Waals surface area (Å²) in [7, 11) is 0. The van der Waals surface area contributed by atoms with Crippen LogP contribution in [0.4, 0.5) is 14.5 Å². The van der Waals surface area contributed by atoms with Gasteiger partial charge >= 0.3 is 0 Å². The first kappa shape index (κ1) is 15.6. The number of anilines is 1. The first-order valence-corrected chi connectivity index (χ1v) is 7.15.